The molecule has 0 aliphatic rings. The Balaban J connectivity index is -0.000000134. The molecule has 0 aromatic heterocycles. The summed E-state index contributed by atoms with van der Waals surface area (Å²) in [4.78, 5) is 10.6. The number of aryl methyl sites for hydroxylation is 4. The second kappa shape index (κ2) is 56.8. The smallest absolute Gasteiger partial charge is 1.00 e. The molecule has 0 amide bonds. The van der Waals surface area contributed by atoms with Gasteiger partial charge in [-0.3, -0.25) is 4.79 Å². The van der Waals surface area contributed by atoms with Crippen LogP contribution in [-0.2, 0) is 65.0 Å². The van der Waals surface area contributed by atoms with E-state index in [1.54, 1.807) is 31.2 Å². The fourth-order valence-corrected chi connectivity index (χ4v) is 7.04. The first-order valence-corrected chi connectivity index (χ1v) is 32.6. The number of quaternary nitrogens is 1. The molecule has 0 heterocycles. The maximum atomic E-state index is 10.6. The number of phenolic OH excluding ortho intramolecular Hbond substituents is 2. The first-order chi connectivity index (χ1) is 37.0. The van der Waals surface area contributed by atoms with Crippen LogP contribution < -0.4 is 47.7 Å². The number of hydrogen-bond acceptors (Lipinski definition) is 6. The van der Waals surface area contributed by atoms with Crippen LogP contribution in [0.5, 0.6) is 11.5 Å². The fourth-order valence-electron chi connectivity index (χ4n) is 7.04. The van der Waals surface area contributed by atoms with Crippen LogP contribution in [-0.4, -0.2) is 70.5 Å². The molecule has 0 saturated carbocycles. The number of carboxylic acids is 1. The van der Waals surface area contributed by atoms with Crippen molar-refractivity contribution in [1.29, 1.82) is 0 Å². The first-order valence-electron chi connectivity index (χ1n) is 27.2. The van der Waals surface area contributed by atoms with Gasteiger partial charge in [-0.25, -0.2) is 8.42 Å². The molecule has 0 spiro atoms. The predicted molar refractivity (Wildman–Crippen MR) is 355 cm³/mol. The molecule has 6 aromatic rings. The second-order valence-corrected chi connectivity index (χ2v) is 26.0. The minimum absolute atomic E-state index is 0. The van der Waals surface area contributed by atoms with E-state index in [-0.39, 0.29) is 85.1 Å². The van der Waals surface area contributed by atoms with Crippen molar-refractivity contribution in [2.45, 2.75) is 147 Å². The summed E-state index contributed by atoms with van der Waals surface area (Å²) in [6.07, 6.45) is 9.54. The van der Waals surface area contributed by atoms with Crippen LogP contribution in [0, 0.1) is 57.3 Å². The summed E-state index contributed by atoms with van der Waals surface area (Å²) >= 11 is 0.569. The van der Waals surface area contributed by atoms with Gasteiger partial charge in [0.1, 0.15) is 11.5 Å². The Morgan fingerprint density at radius 2 is 0.726 bits per heavy atom. The third-order valence-corrected chi connectivity index (χ3v) is 12.0. The number of phenols is 2. The molecule has 6 radical (unpaired) electrons. The van der Waals surface area contributed by atoms with Gasteiger partial charge in [-0.1, -0.05) is 212 Å². The maximum Gasteiger partial charge on any atom is 1.00 e. The van der Waals surface area contributed by atoms with Crippen LogP contribution >= 0.6 is 43.5 Å². The van der Waals surface area contributed by atoms with Crippen LogP contribution in [0.25, 0.3) is 0 Å². The van der Waals surface area contributed by atoms with Gasteiger partial charge in [0.05, 0.1) is 18.2 Å². The molecule has 18 heteroatoms. The Hall–Kier alpha value is -2.67. The SMILES string of the molecule is CC(C)Cc1ccc(O)cc1.CC[C@@H](C)Cc1ccc(C)cc1.CC[C@@H](C)Cc1ccc(C)cc1.CS(=O)(=O)Cl.C[C@@H]([NH3+])Cc1ccc(O)cc1.Cc1ccc(C[C@H](C)C(=O)O)cc1.Cc1ccc(C[C@H](C)CO)cc1.Cl.[B].[B].[Cl-].[Cl][Ni][Cl].[H-].[Na+]. The number of aromatic hydroxyl groups is 2. The van der Waals surface area contributed by atoms with Gasteiger partial charge in [0, 0.05) is 40.5 Å². The molecule has 84 heavy (non-hydrogen) atoms. The number of aliphatic hydroxyl groups excluding tert-OH is 1. The Morgan fingerprint density at radius 3 is 0.940 bits per heavy atom. The Morgan fingerprint density at radius 1 is 0.512 bits per heavy atom. The zero-order chi connectivity index (χ0) is 60.5. The van der Waals surface area contributed by atoms with Crippen LogP contribution in [0.4, 0.5) is 0 Å². The molecule has 5 atom stereocenters. The number of aliphatic carboxylic acids is 1. The van der Waals surface area contributed by atoms with E-state index in [4.69, 9.17) is 40.8 Å². The van der Waals surface area contributed by atoms with Gasteiger partial charge in [0.2, 0.25) is 9.05 Å². The molecule has 0 saturated heterocycles. The maximum absolute atomic E-state index is 10.6. The molecule has 468 valence electrons. The fraction of sp³-hybridized carbons (Fsp3) is 0.439. The topological polar surface area (TPSA) is 160 Å². The average Bonchev–Trinajstić information content (AvgIpc) is 3.39. The number of carboxylic acid groups (broad SMARTS) is 1. The monoisotopic (exact) mass is 1330 g/mol. The number of rotatable bonds is 16. The van der Waals surface area contributed by atoms with E-state index in [2.05, 4.69) is 165 Å². The van der Waals surface area contributed by atoms with Crippen molar-refractivity contribution < 1.29 is 95.4 Å². The van der Waals surface area contributed by atoms with Crippen LogP contribution in [0.15, 0.2) is 146 Å². The summed E-state index contributed by atoms with van der Waals surface area (Å²) in [5.74, 6) is 2.30. The molecule has 0 unspecified atom stereocenters. The molecule has 0 aliphatic carbocycles. The number of carbonyl (C=O) groups is 1. The number of aliphatic hydroxyl groups is 1. The summed E-state index contributed by atoms with van der Waals surface area (Å²) < 4.78 is 18.8. The van der Waals surface area contributed by atoms with Gasteiger partial charge in [0.15, 0.2) is 0 Å². The van der Waals surface area contributed by atoms with Crippen molar-refractivity contribution in [3.05, 3.63) is 201 Å². The molecule has 0 bridgehead atoms. The molecular weight excluding hydrogens is 1230 g/mol. The van der Waals surface area contributed by atoms with Crippen molar-refractivity contribution in [3.8, 4) is 11.5 Å². The van der Waals surface area contributed by atoms with E-state index in [0.717, 1.165) is 42.9 Å². The van der Waals surface area contributed by atoms with Crippen molar-refractivity contribution in [3.63, 3.8) is 0 Å². The van der Waals surface area contributed by atoms with E-state index in [1.807, 2.05) is 55.5 Å². The minimum Gasteiger partial charge on any atom is -1.00 e. The van der Waals surface area contributed by atoms with Gasteiger partial charge in [0.25, 0.3) is 0 Å². The molecule has 0 fully saturated rings. The number of hydrogen-bond donors (Lipinski definition) is 5. The Bertz CT molecular complexity index is 2380. The Kier molecular flexibility index (Phi) is 64.3. The van der Waals surface area contributed by atoms with Gasteiger partial charge in [-0.15, -0.1) is 12.4 Å². The van der Waals surface area contributed by atoms with E-state index in [9.17, 15) is 13.2 Å². The summed E-state index contributed by atoms with van der Waals surface area (Å²) in [5, 5.41) is 35.5. The molecular formula is C66H99B2Cl5NNaNiO7S. The standard InChI is InChI=1S/2C12H18.C11H14O2.C11H16O.C10H14O.C9H13NO.CH3ClO2S.2B.4ClH.Na.Ni.H/c2*1-4-10(2)9-12-7-5-11(3)6-8-12;1-8-3-5-10(6-4-8)7-9(2)11(12)13;1-9-3-5-11(6-4-9)7-10(2)8-12;1-8(2)7-9-3-5-10(11)6-4-9;1-7(10)6-8-2-4-9(11)5-3-8;1-5(2,3)4;;;;;;;;;/h2*5-8,10H,4,9H2,1-3H3;3-6,9H,7H2,1-2H3,(H,12,13);3-6,10,12H,7-8H2,1-2H3;3-6,8,11H,7H2,1-2H3;2-5,7,11H,6,10H2,1H3;1H3;;;4*1H;;;/q;;;;;;;;;;;;;+1;+2;-1/p-2/t2*10-;9-;10-;;7-;;;;;;;;;;/m1100.1........../s1. The summed E-state index contributed by atoms with van der Waals surface area (Å²) in [5.41, 5.74) is 16.9. The second-order valence-electron chi connectivity index (χ2n) is 21.3. The largest absolute Gasteiger partial charge is 1.00 e. The van der Waals surface area contributed by atoms with Crippen molar-refractivity contribution in [2.75, 3.05) is 12.9 Å². The van der Waals surface area contributed by atoms with Gasteiger partial charge in [-0.2, -0.15) is 0 Å². The van der Waals surface area contributed by atoms with Gasteiger partial charge in [-0.05, 0) is 148 Å². The van der Waals surface area contributed by atoms with Crippen LogP contribution in [0.1, 0.15) is 132 Å². The number of benzene rings is 6. The van der Waals surface area contributed by atoms with E-state index >= 15 is 0 Å². The normalized spacial score (nSPS) is 11.5. The quantitative estimate of drug-likeness (QED) is 0.0477. The van der Waals surface area contributed by atoms with Crippen LogP contribution in [0.3, 0.4) is 0 Å². The minimum atomic E-state index is -3.19. The molecule has 6 aromatic carbocycles. The zero-order valence-electron chi connectivity index (χ0n) is 53.7. The Labute approximate surface area is 568 Å². The van der Waals surface area contributed by atoms with E-state index in [1.165, 1.54) is 75.8 Å². The third-order valence-electron chi connectivity index (χ3n) is 12.0. The zero-order valence-corrected chi connectivity index (χ0v) is 60.3. The van der Waals surface area contributed by atoms with Crippen molar-refractivity contribution in [1.82, 2.24) is 0 Å². The molecule has 8 nitrogen and oxygen atoms in total. The summed E-state index contributed by atoms with van der Waals surface area (Å²) in [6.45, 7) is 28.0. The predicted octanol–water partition coefficient (Wildman–Crippen LogP) is 10.1. The summed E-state index contributed by atoms with van der Waals surface area (Å²) in [6, 6.07) is 49.3. The molecule has 0 aliphatic heterocycles. The van der Waals surface area contributed by atoms with Crippen molar-refractivity contribution >= 4 is 75.3 Å². The number of halogens is 5. The van der Waals surface area contributed by atoms with Gasteiger partial charge < -0.3 is 40.0 Å². The van der Waals surface area contributed by atoms with E-state index < -0.39 is 15.0 Å². The summed E-state index contributed by atoms with van der Waals surface area (Å²) in [7, 11) is 10.7. The third kappa shape index (κ3) is 58.4. The average molecular weight is 1330 g/mol. The van der Waals surface area contributed by atoms with E-state index in [0.29, 0.717) is 48.5 Å². The molecule has 7 N–H and O–H groups in total. The first kappa shape index (κ1) is 95.0. The molecule has 6 rings (SSSR count). The van der Waals surface area contributed by atoms with Gasteiger partial charge >= 0.3 is 68.6 Å². The van der Waals surface area contributed by atoms with Crippen LogP contribution in [0.2, 0.25) is 0 Å². The van der Waals surface area contributed by atoms with Crippen molar-refractivity contribution in [2.24, 2.45) is 29.6 Å².